The number of rotatable bonds is 5. The number of aromatic amines is 1. The van der Waals surface area contributed by atoms with E-state index in [0.29, 0.717) is 13.0 Å². The summed E-state index contributed by atoms with van der Waals surface area (Å²) in [5, 5.41) is 6.05. The highest BCUT2D eigenvalue weighted by molar-refractivity contribution is 7.89. The van der Waals surface area contributed by atoms with Gasteiger partial charge in [0.1, 0.15) is 0 Å². The number of nitrogens with zero attached hydrogens (tertiary/aromatic N) is 1. The van der Waals surface area contributed by atoms with Crippen LogP contribution in [0.4, 0.5) is 0 Å². The van der Waals surface area contributed by atoms with E-state index in [4.69, 9.17) is 10.5 Å². The normalized spacial score (nSPS) is 28.9. The number of sulfonamides is 1. The van der Waals surface area contributed by atoms with Crippen molar-refractivity contribution in [1.29, 1.82) is 0 Å². The van der Waals surface area contributed by atoms with Gasteiger partial charge >= 0.3 is 0 Å². The summed E-state index contributed by atoms with van der Waals surface area (Å²) in [4.78, 5) is 0. The topological polar surface area (TPSA) is 110 Å². The Morgan fingerprint density at radius 3 is 3.00 bits per heavy atom. The number of nitrogens with two attached hydrogens (primary N) is 1. The standard InChI is InChI=1S/C9H16N4O3S/c1-2-16-7-5-6(10)9(7)13-17(14,15)8-3-4-11-12-8/h3-4,6-7,9,13H,2,5,10H2,1H3,(H,11,12). The second-order valence-electron chi connectivity index (χ2n) is 3.96. The minimum Gasteiger partial charge on any atom is -0.377 e. The zero-order valence-corrected chi connectivity index (χ0v) is 10.3. The maximum absolute atomic E-state index is 11.9. The first kappa shape index (κ1) is 12.5. The first-order valence-electron chi connectivity index (χ1n) is 5.43. The third-order valence-electron chi connectivity index (χ3n) is 2.80. The van der Waals surface area contributed by atoms with Crippen LogP contribution in [-0.4, -0.2) is 43.4 Å². The molecular weight excluding hydrogens is 244 g/mol. The van der Waals surface area contributed by atoms with Crippen LogP contribution in [-0.2, 0) is 14.8 Å². The molecule has 0 saturated heterocycles. The van der Waals surface area contributed by atoms with Crippen LogP contribution in [0.15, 0.2) is 17.3 Å². The van der Waals surface area contributed by atoms with Gasteiger partial charge in [-0.25, -0.2) is 13.1 Å². The van der Waals surface area contributed by atoms with Gasteiger partial charge in [-0.2, -0.15) is 5.10 Å². The number of ether oxygens (including phenoxy) is 1. The van der Waals surface area contributed by atoms with Gasteiger partial charge in [-0.1, -0.05) is 0 Å². The van der Waals surface area contributed by atoms with Crippen LogP contribution >= 0.6 is 0 Å². The Balaban J connectivity index is 2.05. The molecule has 0 aliphatic heterocycles. The molecule has 8 heteroatoms. The van der Waals surface area contributed by atoms with Gasteiger partial charge in [0.25, 0.3) is 10.0 Å². The maximum atomic E-state index is 11.9. The lowest BCUT2D eigenvalue weighted by Gasteiger charge is -2.41. The molecule has 96 valence electrons. The van der Waals surface area contributed by atoms with Crippen LogP contribution in [0.2, 0.25) is 0 Å². The molecule has 1 saturated carbocycles. The van der Waals surface area contributed by atoms with Gasteiger partial charge in [0.15, 0.2) is 5.03 Å². The van der Waals surface area contributed by atoms with Gasteiger partial charge in [0.2, 0.25) is 0 Å². The fourth-order valence-corrected chi connectivity index (χ4v) is 3.05. The van der Waals surface area contributed by atoms with Gasteiger partial charge in [0.05, 0.1) is 18.3 Å². The molecule has 3 atom stereocenters. The number of hydrogen-bond acceptors (Lipinski definition) is 5. The molecule has 1 aromatic heterocycles. The average Bonchev–Trinajstić information content (AvgIpc) is 2.80. The molecule has 17 heavy (non-hydrogen) atoms. The lowest BCUT2D eigenvalue weighted by Crippen LogP contribution is -2.64. The molecule has 0 amide bonds. The highest BCUT2D eigenvalue weighted by Gasteiger charge is 2.42. The first-order chi connectivity index (χ1) is 8.04. The number of H-pyrrole nitrogens is 1. The van der Waals surface area contributed by atoms with Crippen LogP contribution in [0.25, 0.3) is 0 Å². The summed E-state index contributed by atoms with van der Waals surface area (Å²) in [7, 11) is -3.59. The predicted molar refractivity (Wildman–Crippen MR) is 60.7 cm³/mol. The SMILES string of the molecule is CCOC1CC(N)C1NS(=O)(=O)c1ccn[nH]1. The smallest absolute Gasteiger partial charge is 0.257 e. The molecule has 1 aromatic rings. The molecule has 3 unspecified atom stereocenters. The zero-order valence-electron chi connectivity index (χ0n) is 9.46. The Bertz CT molecular complexity index is 457. The monoisotopic (exact) mass is 260 g/mol. The fourth-order valence-electron chi connectivity index (χ4n) is 1.83. The predicted octanol–water partition coefficient (Wildman–Crippen LogP) is -0.807. The Morgan fingerprint density at radius 2 is 2.47 bits per heavy atom. The molecule has 7 nitrogen and oxygen atoms in total. The summed E-state index contributed by atoms with van der Waals surface area (Å²) in [5.74, 6) is 0. The lowest BCUT2D eigenvalue weighted by atomic mass is 9.84. The van der Waals surface area contributed by atoms with Crippen molar-refractivity contribution < 1.29 is 13.2 Å². The van der Waals surface area contributed by atoms with Crippen molar-refractivity contribution in [2.45, 2.75) is 36.6 Å². The van der Waals surface area contributed by atoms with E-state index in [1.54, 1.807) is 0 Å². The molecule has 0 spiro atoms. The van der Waals surface area contributed by atoms with Crippen molar-refractivity contribution in [3.8, 4) is 0 Å². The van der Waals surface area contributed by atoms with Crippen LogP contribution < -0.4 is 10.5 Å². The van der Waals surface area contributed by atoms with Crippen LogP contribution in [0.5, 0.6) is 0 Å². The van der Waals surface area contributed by atoms with E-state index in [1.165, 1.54) is 12.3 Å². The third-order valence-corrected chi connectivity index (χ3v) is 4.19. The Morgan fingerprint density at radius 1 is 1.71 bits per heavy atom. The van der Waals surface area contributed by atoms with E-state index in [9.17, 15) is 8.42 Å². The highest BCUT2D eigenvalue weighted by Crippen LogP contribution is 2.24. The molecular formula is C9H16N4O3S. The van der Waals surface area contributed by atoms with Crippen molar-refractivity contribution in [3.05, 3.63) is 12.3 Å². The summed E-state index contributed by atoms with van der Waals surface area (Å²) < 4.78 is 31.7. The minimum absolute atomic E-state index is 0.0341. The van der Waals surface area contributed by atoms with Gasteiger partial charge in [0, 0.05) is 12.6 Å². The van der Waals surface area contributed by atoms with Crippen LogP contribution in [0, 0.1) is 0 Å². The Hall–Kier alpha value is -0.960. The van der Waals surface area contributed by atoms with E-state index in [0.717, 1.165) is 0 Å². The third kappa shape index (κ3) is 2.49. The average molecular weight is 260 g/mol. The largest absolute Gasteiger partial charge is 0.377 e. The number of aromatic nitrogens is 2. The van der Waals surface area contributed by atoms with Crippen molar-refractivity contribution in [1.82, 2.24) is 14.9 Å². The summed E-state index contributed by atoms with van der Waals surface area (Å²) in [6.07, 6.45) is 1.91. The molecule has 1 fully saturated rings. The Kier molecular flexibility index (Phi) is 3.48. The van der Waals surface area contributed by atoms with Crippen molar-refractivity contribution >= 4 is 10.0 Å². The molecule has 4 N–H and O–H groups in total. The molecule has 0 radical (unpaired) electrons. The summed E-state index contributed by atoms with van der Waals surface area (Å²) in [6, 6.07) is 0.815. The van der Waals surface area contributed by atoms with Gasteiger partial charge < -0.3 is 10.5 Å². The zero-order chi connectivity index (χ0) is 12.5. The second-order valence-corrected chi connectivity index (χ2v) is 5.64. The summed E-state index contributed by atoms with van der Waals surface area (Å²) in [5.41, 5.74) is 5.77. The molecule has 1 aliphatic rings. The van der Waals surface area contributed by atoms with Gasteiger partial charge in [-0.3, -0.25) is 5.10 Å². The summed E-state index contributed by atoms with van der Waals surface area (Å²) >= 11 is 0. The van der Waals surface area contributed by atoms with Crippen molar-refractivity contribution in [2.24, 2.45) is 5.73 Å². The number of nitrogens with one attached hydrogen (secondary N) is 2. The summed E-state index contributed by atoms with van der Waals surface area (Å²) in [6.45, 7) is 2.41. The van der Waals surface area contributed by atoms with E-state index >= 15 is 0 Å². The first-order valence-corrected chi connectivity index (χ1v) is 6.92. The fraction of sp³-hybridized carbons (Fsp3) is 0.667. The van der Waals surface area contributed by atoms with Crippen molar-refractivity contribution in [2.75, 3.05) is 6.61 Å². The van der Waals surface area contributed by atoms with E-state index in [2.05, 4.69) is 14.9 Å². The minimum atomic E-state index is -3.59. The van der Waals surface area contributed by atoms with Gasteiger partial charge in [-0.05, 0) is 19.4 Å². The van der Waals surface area contributed by atoms with E-state index < -0.39 is 10.0 Å². The molecule has 1 aliphatic carbocycles. The quantitative estimate of drug-likeness (QED) is 0.641. The van der Waals surface area contributed by atoms with Gasteiger partial charge in [-0.15, -0.1) is 0 Å². The second kappa shape index (κ2) is 4.73. The maximum Gasteiger partial charge on any atom is 0.257 e. The van der Waals surface area contributed by atoms with Crippen LogP contribution in [0.3, 0.4) is 0 Å². The molecule has 2 rings (SSSR count). The van der Waals surface area contributed by atoms with E-state index in [-0.39, 0.29) is 23.2 Å². The van der Waals surface area contributed by atoms with E-state index in [1.807, 2.05) is 6.92 Å². The lowest BCUT2D eigenvalue weighted by molar-refractivity contribution is -0.0248. The molecule has 0 bridgehead atoms. The Labute approximate surface area is 99.8 Å². The number of hydrogen-bond donors (Lipinski definition) is 3. The highest BCUT2D eigenvalue weighted by atomic mass is 32.2. The van der Waals surface area contributed by atoms with Crippen molar-refractivity contribution in [3.63, 3.8) is 0 Å². The molecule has 0 aromatic carbocycles. The molecule has 1 heterocycles. The van der Waals surface area contributed by atoms with Crippen LogP contribution in [0.1, 0.15) is 13.3 Å².